The van der Waals surface area contributed by atoms with Crippen LogP contribution in [0.1, 0.15) is 18.1 Å². The molecule has 0 saturated carbocycles. The van der Waals surface area contributed by atoms with Gasteiger partial charge < -0.3 is 14.8 Å². The van der Waals surface area contributed by atoms with Gasteiger partial charge in [0.1, 0.15) is 0 Å². The van der Waals surface area contributed by atoms with E-state index in [0.29, 0.717) is 23.8 Å². The number of anilines is 1. The zero-order valence-corrected chi connectivity index (χ0v) is 13.5. The number of carbonyl (C=O) groups excluding carboxylic acids is 1. The van der Waals surface area contributed by atoms with Crippen molar-refractivity contribution in [3.05, 3.63) is 53.9 Å². The molecule has 23 heavy (non-hydrogen) atoms. The SMILES string of the molecule is CCOc1ccc(/C=C/C(=O)Nc2cnccc2C)cc1OC. The fraction of sp³-hybridized carbons (Fsp3) is 0.222. The number of benzene rings is 1. The fourth-order valence-electron chi connectivity index (χ4n) is 2.00. The van der Waals surface area contributed by atoms with Gasteiger partial charge in [0.25, 0.3) is 0 Å². The molecule has 1 heterocycles. The van der Waals surface area contributed by atoms with Gasteiger partial charge in [-0.3, -0.25) is 9.78 Å². The van der Waals surface area contributed by atoms with Crippen LogP contribution in [-0.2, 0) is 4.79 Å². The second-order valence-electron chi connectivity index (χ2n) is 4.86. The molecule has 1 amide bonds. The molecule has 0 saturated heterocycles. The Morgan fingerprint density at radius 2 is 2.13 bits per heavy atom. The standard InChI is InChI=1S/C18H20N2O3/c1-4-23-16-7-5-14(11-17(16)22-3)6-8-18(21)20-15-12-19-10-9-13(15)2/h5-12H,4H2,1-3H3,(H,20,21)/b8-6+. The van der Waals surface area contributed by atoms with Crippen molar-refractivity contribution in [1.82, 2.24) is 4.98 Å². The number of rotatable bonds is 6. The molecule has 0 fully saturated rings. The fourth-order valence-corrected chi connectivity index (χ4v) is 2.00. The van der Waals surface area contributed by atoms with Crippen LogP contribution in [0.2, 0.25) is 0 Å². The summed E-state index contributed by atoms with van der Waals surface area (Å²) >= 11 is 0. The van der Waals surface area contributed by atoms with Crippen LogP contribution in [0.3, 0.4) is 0 Å². The quantitative estimate of drug-likeness (QED) is 0.830. The lowest BCUT2D eigenvalue weighted by atomic mass is 10.2. The van der Waals surface area contributed by atoms with E-state index in [9.17, 15) is 4.79 Å². The molecular formula is C18H20N2O3. The van der Waals surface area contributed by atoms with Gasteiger partial charge in [-0.2, -0.15) is 0 Å². The van der Waals surface area contributed by atoms with Crippen molar-refractivity contribution in [3.8, 4) is 11.5 Å². The maximum Gasteiger partial charge on any atom is 0.248 e. The van der Waals surface area contributed by atoms with Gasteiger partial charge in [0.15, 0.2) is 11.5 Å². The van der Waals surface area contributed by atoms with E-state index in [-0.39, 0.29) is 5.91 Å². The number of aromatic nitrogens is 1. The summed E-state index contributed by atoms with van der Waals surface area (Å²) in [5.74, 6) is 1.11. The minimum atomic E-state index is -0.214. The topological polar surface area (TPSA) is 60.5 Å². The number of amides is 1. The summed E-state index contributed by atoms with van der Waals surface area (Å²) in [5.41, 5.74) is 2.51. The predicted molar refractivity (Wildman–Crippen MR) is 90.8 cm³/mol. The van der Waals surface area contributed by atoms with Crippen LogP contribution >= 0.6 is 0 Å². The summed E-state index contributed by atoms with van der Waals surface area (Å²) in [5, 5.41) is 2.80. The smallest absolute Gasteiger partial charge is 0.248 e. The van der Waals surface area contributed by atoms with Crippen molar-refractivity contribution in [2.24, 2.45) is 0 Å². The Morgan fingerprint density at radius 3 is 2.83 bits per heavy atom. The van der Waals surface area contributed by atoms with Gasteiger partial charge in [0, 0.05) is 12.3 Å². The molecule has 0 aliphatic rings. The summed E-state index contributed by atoms with van der Waals surface area (Å²) in [4.78, 5) is 16.0. The van der Waals surface area contributed by atoms with E-state index in [2.05, 4.69) is 10.3 Å². The van der Waals surface area contributed by atoms with Crippen LogP contribution in [0.5, 0.6) is 11.5 Å². The molecule has 0 spiro atoms. The lowest BCUT2D eigenvalue weighted by molar-refractivity contribution is -0.111. The molecular weight excluding hydrogens is 292 g/mol. The van der Waals surface area contributed by atoms with Crippen molar-refractivity contribution >= 4 is 17.7 Å². The Hall–Kier alpha value is -2.82. The Bertz CT molecular complexity index is 711. The van der Waals surface area contributed by atoms with Crippen LogP contribution in [0, 0.1) is 6.92 Å². The Morgan fingerprint density at radius 1 is 1.30 bits per heavy atom. The minimum absolute atomic E-state index is 0.214. The van der Waals surface area contributed by atoms with Gasteiger partial charge in [-0.1, -0.05) is 6.07 Å². The van der Waals surface area contributed by atoms with E-state index in [0.717, 1.165) is 11.1 Å². The molecule has 0 aliphatic heterocycles. The lowest BCUT2D eigenvalue weighted by Crippen LogP contribution is -2.09. The highest BCUT2D eigenvalue weighted by Crippen LogP contribution is 2.28. The van der Waals surface area contributed by atoms with E-state index in [4.69, 9.17) is 9.47 Å². The van der Waals surface area contributed by atoms with E-state index >= 15 is 0 Å². The second kappa shape index (κ2) is 7.98. The van der Waals surface area contributed by atoms with Crippen LogP contribution in [0.4, 0.5) is 5.69 Å². The van der Waals surface area contributed by atoms with Gasteiger partial charge in [0.05, 0.1) is 25.6 Å². The van der Waals surface area contributed by atoms with Gasteiger partial charge in [0.2, 0.25) is 5.91 Å². The van der Waals surface area contributed by atoms with Gasteiger partial charge in [-0.05, 0) is 49.2 Å². The third-order valence-electron chi connectivity index (χ3n) is 3.21. The van der Waals surface area contributed by atoms with Crippen LogP contribution < -0.4 is 14.8 Å². The van der Waals surface area contributed by atoms with Gasteiger partial charge in [-0.25, -0.2) is 0 Å². The van der Waals surface area contributed by atoms with Gasteiger partial charge in [-0.15, -0.1) is 0 Å². The molecule has 5 heteroatoms. The summed E-state index contributed by atoms with van der Waals surface area (Å²) < 4.78 is 10.8. The molecule has 0 radical (unpaired) electrons. The number of hydrogen-bond acceptors (Lipinski definition) is 4. The van der Waals surface area contributed by atoms with Crippen LogP contribution in [0.15, 0.2) is 42.7 Å². The third kappa shape index (κ3) is 4.57. The first-order chi connectivity index (χ1) is 11.1. The highest BCUT2D eigenvalue weighted by Gasteiger charge is 2.05. The number of methoxy groups -OCH3 is 1. The lowest BCUT2D eigenvalue weighted by Gasteiger charge is -2.09. The van der Waals surface area contributed by atoms with Gasteiger partial charge >= 0.3 is 0 Å². The first kappa shape index (κ1) is 16.5. The van der Waals surface area contributed by atoms with Crippen molar-refractivity contribution in [2.45, 2.75) is 13.8 Å². The van der Waals surface area contributed by atoms with Crippen molar-refractivity contribution in [1.29, 1.82) is 0 Å². The second-order valence-corrected chi connectivity index (χ2v) is 4.86. The van der Waals surface area contributed by atoms with E-state index in [1.54, 1.807) is 25.6 Å². The first-order valence-corrected chi connectivity index (χ1v) is 7.34. The molecule has 0 unspecified atom stereocenters. The Balaban J connectivity index is 2.07. The number of hydrogen-bond donors (Lipinski definition) is 1. The number of carbonyl (C=O) groups is 1. The largest absolute Gasteiger partial charge is 0.493 e. The third-order valence-corrected chi connectivity index (χ3v) is 3.21. The number of pyridine rings is 1. The van der Waals surface area contributed by atoms with Crippen molar-refractivity contribution < 1.29 is 14.3 Å². The number of nitrogens with zero attached hydrogens (tertiary/aromatic N) is 1. The van der Waals surface area contributed by atoms with E-state index in [1.165, 1.54) is 6.08 Å². The average molecular weight is 312 g/mol. The average Bonchev–Trinajstić information content (AvgIpc) is 2.56. The maximum absolute atomic E-state index is 12.0. The molecule has 0 atom stereocenters. The Labute approximate surface area is 136 Å². The zero-order chi connectivity index (χ0) is 16.7. The molecule has 120 valence electrons. The maximum atomic E-state index is 12.0. The predicted octanol–water partition coefficient (Wildman–Crippen LogP) is 3.45. The highest BCUT2D eigenvalue weighted by molar-refractivity contribution is 6.02. The van der Waals surface area contributed by atoms with Crippen molar-refractivity contribution in [2.75, 3.05) is 19.0 Å². The summed E-state index contributed by atoms with van der Waals surface area (Å²) in [7, 11) is 1.59. The molecule has 1 N–H and O–H groups in total. The van der Waals surface area contributed by atoms with E-state index < -0.39 is 0 Å². The first-order valence-electron chi connectivity index (χ1n) is 7.34. The monoisotopic (exact) mass is 312 g/mol. The summed E-state index contributed by atoms with van der Waals surface area (Å²) in [6.07, 6.45) is 6.51. The molecule has 2 rings (SSSR count). The van der Waals surface area contributed by atoms with Crippen molar-refractivity contribution in [3.63, 3.8) is 0 Å². The van der Waals surface area contributed by atoms with Crippen LogP contribution in [0.25, 0.3) is 6.08 Å². The molecule has 1 aromatic heterocycles. The molecule has 2 aromatic rings. The molecule has 5 nitrogen and oxygen atoms in total. The molecule has 0 bridgehead atoms. The summed E-state index contributed by atoms with van der Waals surface area (Å²) in [6.45, 7) is 4.40. The highest BCUT2D eigenvalue weighted by atomic mass is 16.5. The zero-order valence-electron chi connectivity index (χ0n) is 13.5. The number of nitrogens with one attached hydrogen (secondary N) is 1. The van der Waals surface area contributed by atoms with Crippen LogP contribution in [-0.4, -0.2) is 24.6 Å². The minimum Gasteiger partial charge on any atom is -0.493 e. The summed E-state index contributed by atoms with van der Waals surface area (Å²) in [6, 6.07) is 7.36. The van der Waals surface area contributed by atoms with E-state index in [1.807, 2.05) is 38.1 Å². The number of ether oxygens (including phenoxy) is 2. The number of aryl methyl sites for hydroxylation is 1. The Kier molecular flexibility index (Phi) is 5.74. The molecule has 0 aliphatic carbocycles. The normalized spacial score (nSPS) is 10.6. The molecule has 1 aromatic carbocycles.